The minimum Gasteiger partial charge on any atom is -0.357 e. The Balaban J connectivity index is 2.40. The molecule has 0 unspecified atom stereocenters. The molecule has 7 nitrogen and oxygen atoms in total. The van der Waals surface area contributed by atoms with E-state index in [1.54, 1.807) is 0 Å². The van der Waals surface area contributed by atoms with Crippen LogP contribution in [-0.2, 0) is 26.0 Å². The summed E-state index contributed by atoms with van der Waals surface area (Å²) in [7, 11) is -2.20. The van der Waals surface area contributed by atoms with Crippen LogP contribution in [0.15, 0.2) is 48.5 Å². The second-order valence-electron chi connectivity index (χ2n) is 7.87. The van der Waals surface area contributed by atoms with Crippen molar-refractivity contribution in [2.45, 2.75) is 39.7 Å². The number of carbonyl (C=O) groups is 2. The highest BCUT2D eigenvalue weighted by atomic mass is 32.2. The number of sulfonamides is 1. The van der Waals surface area contributed by atoms with Crippen LogP contribution in [0, 0.1) is 13.8 Å². The lowest BCUT2D eigenvalue weighted by molar-refractivity contribution is -0.139. The van der Waals surface area contributed by atoms with E-state index < -0.39 is 22.0 Å². The summed E-state index contributed by atoms with van der Waals surface area (Å²) in [4.78, 5) is 27.5. The van der Waals surface area contributed by atoms with Crippen LogP contribution in [0.25, 0.3) is 0 Å². The Kier molecular flexibility index (Phi) is 8.83. The molecule has 1 N–H and O–H groups in total. The van der Waals surface area contributed by atoms with E-state index in [1.807, 2.05) is 69.3 Å². The summed E-state index contributed by atoms with van der Waals surface area (Å²) in [6, 6.07) is 14.5. The highest BCUT2D eigenvalue weighted by molar-refractivity contribution is 7.92. The third-order valence-electron chi connectivity index (χ3n) is 5.48. The number of benzene rings is 2. The molecule has 2 aromatic carbocycles. The van der Waals surface area contributed by atoms with Crippen LogP contribution < -0.4 is 9.62 Å². The van der Waals surface area contributed by atoms with E-state index in [9.17, 15) is 18.0 Å². The number of nitrogens with one attached hydrogen (secondary N) is 1. The Morgan fingerprint density at radius 1 is 1.00 bits per heavy atom. The van der Waals surface area contributed by atoms with Crippen molar-refractivity contribution in [3.63, 3.8) is 0 Å². The lowest BCUT2D eigenvalue weighted by Gasteiger charge is -2.33. The SMILES string of the molecule is CC[C@@H](C(=O)NC)N(CCc1ccccc1)C(=O)CN(c1c(C)cccc1C)S(C)(=O)=O. The number of aryl methyl sites for hydroxylation is 2. The van der Waals surface area contributed by atoms with Crippen LogP contribution in [0.1, 0.15) is 30.0 Å². The van der Waals surface area contributed by atoms with Crippen LogP contribution in [0.4, 0.5) is 5.69 Å². The Hall–Kier alpha value is -2.87. The molecular formula is C24H33N3O4S. The number of rotatable bonds is 10. The van der Waals surface area contributed by atoms with Crippen molar-refractivity contribution < 1.29 is 18.0 Å². The van der Waals surface area contributed by atoms with Crippen molar-refractivity contribution in [2.24, 2.45) is 0 Å². The molecule has 0 saturated heterocycles. The van der Waals surface area contributed by atoms with Gasteiger partial charge in [0.05, 0.1) is 11.9 Å². The van der Waals surface area contributed by atoms with Crippen molar-refractivity contribution in [3.8, 4) is 0 Å². The Morgan fingerprint density at radius 3 is 2.09 bits per heavy atom. The number of likely N-dealkylation sites (N-methyl/N-ethyl adjacent to an activating group) is 1. The summed E-state index contributed by atoms with van der Waals surface area (Å²) >= 11 is 0. The second kappa shape index (κ2) is 11.1. The van der Waals surface area contributed by atoms with E-state index in [0.717, 1.165) is 27.3 Å². The molecule has 0 aliphatic carbocycles. The third-order valence-corrected chi connectivity index (χ3v) is 6.60. The smallest absolute Gasteiger partial charge is 0.244 e. The first-order valence-corrected chi connectivity index (χ1v) is 12.5. The minimum atomic E-state index is -3.73. The standard InChI is InChI=1S/C24H33N3O4S/c1-6-21(24(29)25-4)26(16-15-20-13-8-7-9-14-20)22(28)17-27(32(5,30)31)23-18(2)11-10-12-19(23)3/h7-14,21H,6,15-17H2,1-5H3,(H,25,29)/t21-/m0/s1. The zero-order valence-electron chi connectivity index (χ0n) is 19.5. The molecule has 0 aliphatic rings. The highest BCUT2D eigenvalue weighted by Crippen LogP contribution is 2.27. The largest absolute Gasteiger partial charge is 0.357 e. The maximum Gasteiger partial charge on any atom is 0.244 e. The number of amides is 2. The van der Waals surface area contributed by atoms with E-state index in [0.29, 0.717) is 25.1 Å². The first-order valence-electron chi connectivity index (χ1n) is 10.7. The van der Waals surface area contributed by atoms with Crippen LogP contribution in [-0.4, -0.2) is 57.6 Å². The molecule has 2 aromatic rings. The summed E-state index contributed by atoms with van der Waals surface area (Å²) < 4.78 is 26.5. The molecule has 32 heavy (non-hydrogen) atoms. The van der Waals surface area contributed by atoms with E-state index in [2.05, 4.69) is 5.32 Å². The van der Waals surface area contributed by atoms with Gasteiger partial charge in [-0.3, -0.25) is 13.9 Å². The van der Waals surface area contributed by atoms with Gasteiger partial charge < -0.3 is 10.2 Å². The van der Waals surface area contributed by atoms with Gasteiger partial charge >= 0.3 is 0 Å². The number of nitrogens with zero attached hydrogens (tertiary/aromatic N) is 2. The molecule has 174 valence electrons. The molecule has 0 saturated carbocycles. The fourth-order valence-electron chi connectivity index (χ4n) is 3.84. The summed E-state index contributed by atoms with van der Waals surface area (Å²) in [6.07, 6.45) is 2.07. The topological polar surface area (TPSA) is 86.8 Å². The monoisotopic (exact) mass is 459 g/mol. The molecule has 8 heteroatoms. The van der Waals surface area contributed by atoms with Crippen molar-refractivity contribution in [3.05, 3.63) is 65.2 Å². The second-order valence-corrected chi connectivity index (χ2v) is 9.78. The van der Waals surface area contributed by atoms with E-state index in [-0.39, 0.29) is 12.5 Å². The maximum atomic E-state index is 13.5. The Morgan fingerprint density at radius 2 is 1.59 bits per heavy atom. The van der Waals surface area contributed by atoms with Crippen LogP contribution >= 0.6 is 0 Å². The molecule has 0 heterocycles. The molecule has 0 radical (unpaired) electrons. The number of hydrogen-bond donors (Lipinski definition) is 1. The van der Waals surface area contributed by atoms with Crippen molar-refractivity contribution in [2.75, 3.05) is 30.7 Å². The van der Waals surface area contributed by atoms with Crippen LogP contribution in [0.5, 0.6) is 0 Å². The van der Waals surface area contributed by atoms with Crippen molar-refractivity contribution in [1.82, 2.24) is 10.2 Å². The number of hydrogen-bond acceptors (Lipinski definition) is 4. The lowest BCUT2D eigenvalue weighted by Crippen LogP contribution is -2.52. The van der Waals surface area contributed by atoms with Gasteiger partial charge in [0.15, 0.2) is 0 Å². The number of anilines is 1. The highest BCUT2D eigenvalue weighted by Gasteiger charge is 2.31. The van der Waals surface area contributed by atoms with Crippen molar-refractivity contribution >= 4 is 27.5 Å². The fourth-order valence-corrected chi connectivity index (χ4v) is 4.80. The van der Waals surface area contributed by atoms with E-state index >= 15 is 0 Å². The van der Waals surface area contributed by atoms with Gasteiger partial charge in [0.2, 0.25) is 21.8 Å². The Bertz CT molecular complexity index is 1020. The molecule has 2 amide bonds. The van der Waals surface area contributed by atoms with Gasteiger partial charge in [-0.2, -0.15) is 0 Å². The summed E-state index contributed by atoms with van der Waals surface area (Å²) in [5, 5.41) is 2.62. The van der Waals surface area contributed by atoms with Gasteiger partial charge in [0.25, 0.3) is 0 Å². The van der Waals surface area contributed by atoms with Gasteiger partial charge in [0, 0.05) is 13.6 Å². The lowest BCUT2D eigenvalue weighted by atomic mass is 10.1. The number of carbonyl (C=O) groups excluding carboxylic acids is 2. The van der Waals surface area contributed by atoms with Gasteiger partial charge in [-0.15, -0.1) is 0 Å². The summed E-state index contributed by atoms with van der Waals surface area (Å²) in [5.74, 6) is -0.684. The first kappa shape index (κ1) is 25.4. The first-order chi connectivity index (χ1) is 15.1. The average Bonchev–Trinajstić information content (AvgIpc) is 2.75. The summed E-state index contributed by atoms with van der Waals surface area (Å²) in [5.41, 5.74) is 3.06. The normalized spacial score (nSPS) is 12.2. The summed E-state index contributed by atoms with van der Waals surface area (Å²) in [6.45, 7) is 5.41. The quantitative estimate of drug-likeness (QED) is 0.592. The fraction of sp³-hybridized carbons (Fsp3) is 0.417. The molecule has 0 aromatic heterocycles. The Labute approximate surface area is 191 Å². The van der Waals surface area contributed by atoms with Crippen LogP contribution in [0.2, 0.25) is 0 Å². The third kappa shape index (κ3) is 6.32. The van der Waals surface area contributed by atoms with Crippen molar-refractivity contribution in [1.29, 1.82) is 0 Å². The molecule has 1 atom stereocenters. The predicted molar refractivity (Wildman–Crippen MR) is 128 cm³/mol. The minimum absolute atomic E-state index is 0.271. The maximum absolute atomic E-state index is 13.5. The van der Waals surface area contributed by atoms with Gasteiger partial charge in [0.1, 0.15) is 12.6 Å². The number of para-hydroxylation sites is 1. The molecule has 0 fully saturated rings. The zero-order valence-corrected chi connectivity index (χ0v) is 20.3. The van der Waals surface area contributed by atoms with E-state index in [1.165, 1.54) is 11.9 Å². The zero-order chi connectivity index (χ0) is 23.9. The molecular weight excluding hydrogens is 426 g/mol. The van der Waals surface area contributed by atoms with Gasteiger partial charge in [-0.1, -0.05) is 55.5 Å². The van der Waals surface area contributed by atoms with Gasteiger partial charge in [-0.25, -0.2) is 8.42 Å². The molecule has 0 aliphatic heterocycles. The molecule has 2 rings (SSSR count). The molecule has 0 spiro atoms. The van der Waals surface area contributed by atoms with E-state index in [4.69, 9.17) is 0 Å². The average molecular weight is 460 g/mol. The molecule has 0 bridgehead atoms. The van der Waals surface area contributed by atoms with Gasteiger partial charge in [-0.05, 0) is 43.4 Å². The van der Waals surface area contributed by atoms with Crippen LogP contribution in [0.3, 0.4) is 0 Å². The predicted octanol–water partition coefficient (Wildman–Crippen LogP) is 2.67.